The number of nitrogens with zero attached hydrogens (tertiary/aromatic N) is 3. The lowest BCUT2D eigenvalue weighted by molar-refractivity contribution is -0.111. The second kappa shape index (κ2) is 10.7. The predicted molar refractivity (Wildman–Crippen MR) is 142 cm³/mol. The van der Waals surface area contributed by atoms with Crippen molar-refractivity contribution < 1.29 is 9.18 Å². The highest BCUT2D eigenvalue weighted by molar-refractivity contribution is 5.99. The molecule has 0 bridgehead atoms. The topological polar surface area (TPSA) is 82.2 Å². The van der Waals surface area contributed by atoms with Gasteiger partial charge < -0.3 is 16.0 Å². The van der Waals surface area contributed by atoms with Crippen LogP contribution < -0.4 is 16.0 Å². The number of hydrogen-bond acceptors (Lipinski definition) is 6. The third-order valence-electron chi connectivity index (χ3n) is 6.38. The molecule has 1 aromatic heterocycles. The van der Waals surface area contributed by atoms with Gasteiger partial charge in [-0.25, -0.2) is 14.4 Å². The Morgan fingerprint density at radius 2 is 1.94 bits per heavy atom. The Balaban J connectivity index is 1.28. The molecule has 8 heteroatoms. The van der Waals surface area contributed by atoms with E-state index in [2.05, 4.69) is 38.5 Å². The van der Waals surface area contributed by atoms with E-state index in [0.717, 1.165) is 59.7 Å². The van der Waals surface area contributed by atoms with Crippen molar-refractivity contribution in [3.05, 3.63) is 90.3 Å². The van der Waals surface area contributed by atoms with Crippen LogP contribution in [0.25, 0.3) is 5.57 Å². The van der Waals surface area contributed by atoms with Crippen LogP contribution in [0.15, 0.2) is 73.5 Å². The summed E-state index contributed by atoms with van der Waals surface area (Å²) in [6, 6.07) is 16.1. The number of carbonyl (C=O) groups excluding carboxylic acids is 1. The predicted octanol–water partition coefficient (Wildman–Crippen LogP) is 4.79. The summed E-state index contributed by atoms with van der Waals surface area (Å²) < 4.78 is 12.4. The summed E-state index contributed by atoms with van der Waals surface area (Å²) in [7, 11) is 0. The Labute approximate surface area is 210 Å². The maximum atomic E-state index is 12.4. The van der Waals surface area contributed by atoms with Crippen LogP contribution in [0.5, 0.6) is 0 Å². The number of nitrogens with one attached hydrogen (secondary N) is 3. The summed E-state index contributed by atoms with van der Waals surface area (Å²) in [5.41, 5.74) is 6.64. The van der Waals surface area contributed by atoms with Crippen molar-refractivity contribution in [3.8, 4) is 0 Å². The van der Waals surface area contributed by atoms with E-state index in [4.69, 9.17) is 4.98 Å². The van der Waals surface area contributed by atoms with Gasteiger partial charge in [0, 0.05) is 48.5 Å². The SMILES string of the molecule is C=CC(=O)Nc1cccc(C2=CCCc3cnc(Nc4ccc(NC5CN(CCF)C5)cc4)nc32)c1. The Hall–Kier alpha value is -4.04. The maximum absolute atomic E-state index is 12.4. The normalized spacial score (nSPS) is 15.3. The molecule has 0 radical (unpaired) electrons. The molecule has 2 aromatic carbocycles. The summed E-state index contributed by atoms with van der Waals surface area (Å²) in [4.78, 5) is 23.2. The van der Waals surface area contributed by atoms with Gasteiger partial charge in [-0.2, -0.15) is 0 Å². The van der Waals surface area contributed by atoms with Crippen molar-refractivity contribution in [2.45, 2.75) is 18.9 Å². The van der Waals surface area contributed by atoms with Gasteiger partial charge >= 0.3 is 0 Å². The molecule has 0 atom stereocenters. The highest BCUT2D eigenvalue weighted by Gasteiger charge is 2.25. The van der Waals surface area contributed by atoms with Gasteiger partial charge in [0.05, 0.1) is 11.7 Å². The van der Waals surface area contributed by atoms with Crippen LogP contribution in [0.4, 0.5) is 27.4 Å². The van der Waals surface area contributed by atoms with Crippen LogP contribution in [0.2, 0.25) is 0 Å². The summed E-state index contributed by atoms with van der Waals surface area (Å²) in [6.07, 6.45) is 7.12. The number of rotatable bonds is 9. The van der Waals surface area contributed by atoms with Crippen molar-refractivity contribution in [3.63, 3.8) is 0 Å². The van der Waals surface area contributed by atoms with Crippen LogP contribution in [0.1, 0.15) is 23.2 Å². The number of halogens is 1. The van der Waals surface area contributed by atoms with E-state index in [9.17, 15) is 9.18 Å². The minimum absolute atomic E-state index is 0.244. The van der Waals surface area contributed by atoms with E-state index in [1.54, 1.807) is 0 Å². The van der Waals surface area contributed by atoms with Crippen molar-refractivity contribution >= 4 is 34.5 Å². The van der Waals surface area contributed by atoms with Crippen molar-refractivity contribution in [1.82, 2.24) is 14.9 Å². The van der Waals surface area contributed by atoms with Crippen LogP contribution >= 0.6 is 0 Å². The Kier molecular flexibility index (Phi) is 7.04. The fourth-order valence-corrected chi connectivity index (χ4v) is 4.54. The van der Waals surface area contributed by atoms with E-state index in [1.807, 2.05) is 54.7 Å². The quantitative estimate of drug-likeness (QED) is 0.379. The monoisotopic (exact) mass is 484 g/mol. The zero-order chi connectivity index (χ0) is 24.9. The van der Waals surface area contributed by atoms with E-state index in [-0.39, 0.29) is 12.6 Å². The average molecular weight is 485 g/mol. The van der Waals surface area contributed by atoms with E-state index in [0.29, 0.717) is 24.2 Å². The largest absolute Gasteiger partial charge is 0.380 e. The van der Waals surface area contributed by atoms with Crippen molar-refractivity contribution in [2.75, 3.05) is 42.3 Å². The van der Waals surface area contributed by atoms with Crippen LogP contribution in [-0.4, -0.2) is 53.1 Å². The fraction of sp³-hybridized carbons (Fsp3) is 0.250. The summed E-state index contributed by atoms with van der Waals surface area (Å²) in [5.74, 6) is 0.283. The van der Waals surface area contributed by atoms with Crippen molar-refractivity contribution in [2.24, 2.45) is 0 Å². The average Bonchev–Trinajstić information content (AvgIpc) is 2.88. The number of benzene rings is 2. The Morgan fingerprint density at radius 1 is 1.14 bits per heavy atom. The number of carbonyl (C=O) groups is 1. The van der Waals surface area contributed by atoms with Gasteiger partial charge in [-0.05, 0) is 66.4 Å². The third kappa shape index (κ3) is 5.44. The number of allylic oxidation sites excluding steroid dienone is 1. The van der Waals surface area contributed by atoms with Gasteiger partial charge in [0.25, 0.3) is 0 Å². The molecule has 3 aromatic rings. The smallest absolute Gasteiger partial charge is 0.247 e. The second-order valence-corrected chi connectivity index (χ2v) is 8.99. The number of aryl methyl sites for hydroxylation is 1. The number of hydrogen-bond donors (Lipinski definition) is 3. The second-order valence-electron chi connectivity index (χ2n) is 8.99. The first-order chi connectivity index (χ1) is 17.6. The first-order valence-corrected chi connectivity index (χ1v) is 12.1. The highest BCUT2D eigenvalue weighted by atomic mass is 19.1. The molecule has 184 valence electrons. The molecule has 36 heavy (non-hydrogen) atoms. The lowest BCUT2D eigenvalue weighted by Crippen LogP contribution is -2.55. The lowest BCUT2D eigenvalue weighted by Gasteiger charge is -2.39. The number of anilines is 4. The molecule has 0 unspecified atom stereocenters. The van der Waals surface area contributed by atoms with Crippen LogP contribution in [0, 0.1) is 0 Å². The molecule has 2 aliphatic rings. The highest BCUT2D eigenvalue weighted by Crippen LogP contribution is 2.32. The standard InChI is InChI=1S/C28H29FN6O/c1-2-26(36)32-23-7-3-5-19(15-23)25-8-4-6-20-16-30-28(34-27(20)25)33-22-11-9-21(10-12-22)31-24-17-35(18-24)14-13-29/h2-3,5,7-12,15-16,24,31H,1,4,6,13-14,17-18H2,(H,32,36)(H,30,33,34). The number of alkyl halides is 1. The molecule has 1 amide bonds. The molecule has 0 spiro atoms. The Morgan fingerprint density at radius 3 is 2.72 bits per heavy atom. The molecule has 1 aliphatic heterocycles. The molecule has 1 fully saturated rings. The van der Waals surface area contributed by atoms with Gasteiger partial charge in [0.1, 0.15) is 6.67 Å². The summed E-state index contributed by atoms with van der Waals surface area (Å²) in [5, 5.41) is 9.61. The van der Waals surface area contributed by atoms with Crippen LogP contribution in [0.3, 0.4) is 0 Å². The number of likely N-dealkylation sites (tertiary alicyclic amines) is 1. The van der Waals surface area contributed by atoms with Crippen LogP contribution in [-0.2, 0) is 11.2 Å². The molecular formula is C28H29FN6O. The summed E-state index contributed by atoms with van der Waals surface area (Å²) >= 11 is 0. The van der Waals surface area contributed by atoms with E-state index in [1.165, 1.54) is 6.08 Å². The van der Waals surface area contributed by atoms with E-state index < -0.39 is 0 Å². The minimum atomic E-state index is -0.296. The molecular weight excluding hydrogens is 455 g/mol. The minimum Gasteiger partial charge on any atom is -0.380 e. The van der Waals surface area contributed by atoms with Crippen molar-refractivity contribution in [1.29, 1.82) is 0 Å². The molecule has 3 N–H and O–H groups in total. The molecule has 1 aliphatic carbocycles. The first-order valence-electron chi connectivity index (χ1n) is 12.1. The third-order valence-corrected chi connectivity index (χ3v) is 6.38. The Bertz CT molecular complexity index is 1280. The van der Waals surface area contributed by atoms with Gasteiger partial charge in [-0.3, -0.25) is 9.69 Å². The van der Waals surface area contributed by atoms with Gasteiger partial charge in [-0.1, -0.05) is 24.8 Å². The molecule has 0 saturated carbocycles. The summed E-state index contributed by atoms with van der Waals surface area (Å²) in [6.45, 7) is 5.46. The first kappa shape index (κ1) is 23.7. The van der Waals surface area contributed by atoms with Gasteiger partial charge in [-0.15, -0.1) is 0 Å². The molecule has 2 heterocycles. The molecule has 5 rings (SSSR count). The number of amides is 1. The van der Waals surface area contributed by atoms with Gasteiger partial charge in [0.15, 0.2) is 0 Å². The van der Waals surface area contributed by atoms with E-state index >= 15 is 0 Å². The zero-order valence-electron chi connectivity index (χ0n) is 20.0. The zero-order valence-corrected chi connectivity index (χ0v) is 20.0. The fourth-order valence-electron chi connectivity index (χ4n) is 4.54. The van der Waals surface area contributed by atoms with Gasteiger partial charge in [0.2, 0.25) is 11.9 Å². The molecule has 1 saturated heterocycles. The number of aromatic nitrogens is 2. The molecule has 7 nitrogen and oxygen atoms in total. The maximum Gasteiger partial charge on any atom is 0.247 e. The lowest BCUT2D eigenvalue weighted by atomic mass is 9.91. The number of fused-ring (bicyclic) bond motifs is 1.